The second kappa shape index (κ2) is 7.39. The molecule has 144 valence electrons. The Hall–Kier alpha value is -1.89. The summed E-state index contributed by atoms with van der Waals surface area (Å²) < 4.78 is 4.72. The maximum atomic E-state index is 12.8. The minimum Gasteiger partial charge on any atom is -0.321 e. The van der Waals surface area contributed by atoms with Crippen molar-refractivity contribution in [2.45, 2.75) is 53.1 Å². The van der Waals surface area contributed by atoms with E-state index < -0.39 is 0 Å². The molecule has 0 saturated carbocycles. The molecule has 1 saturated heterocycles. The number of fused-ring (bicyclic) bond motifs is 1. The van der Waals surface area contributed by atoms with Crippen molar-refractivity contribution in [2.24, 2.45) is 25.9 Å². The number of aryl methyl sites for hydroxylation is 2. The van der Waals surface area contributed by atoms with Gasteiger partial charge in [0.25, 0.3) is 5.56 Å². The molecule has 7 heteroatoms. The molecule has 7 nitrogen and oxygen atoms in total. The zero-order valence-corrected chi connectivity index (χ0v) is 16.7. The van der Waals surface area contributed by atoms with Crippen LogP contribution in [0.25, 0.3) is 11.2 Å². The van der Waals surface area contributed by atoms with E-state index in [2.05, 4.69) is 25.7 Å². The summed E-state index contributed by atoms with van der Waals surface area (Å²) in [6, 6.07) is 0. The van der Waals surface area contributed by atoms with Crippen molar-refractivity contribution in [1.82, 2.24) is 23.6 Å². The lowest BCUT2D eigenvalue weighted by Gasteiger charge is -2.34. The minimum atomic E-state index is -0.325. The van der Waals surface area contributed by atoms with Gasteiger partial charge in [-0.2, -0.15) is 0 Å². The maximum Gasteiger partial charge on any atom is 0.332 e. The lowest BCUT2D eigenvalue weighted by molar-refractivity contribution is 0.130. The monoisotopic (exact) mass is 361 g/mol. The highest BCUT2D eigenvalue weighted by molar-refractivity contribution is 5.71. The number of imidazole rings is 1. The number of piperidine rings is 1. The smallest absolute Gasteiger partial charge is 0.321 e. The third-order valence-corrected chi connectivity index (χ3v) is 5.47. The van der Waals surface area contributed by atoms with Crippen LogP contribution in [0.3, 0.4) is 0 Å². The largest absolute Gasteiger partial charge is 0.332 e. The number of rotatable bonds is 5. The van der Waals surface area contributed by atoms with Crippen molar-refractivity contribution in [1.29, 1.82) is 0 Å². The van der Waals surface area contributed by atoms with E-state index >= 15 is 0 Å². The van der Waals surface area contributed by atoms with Crippen LogP contribution in [0.2, 0.25) is 0 Å². The Morgan fingerprint density at radius 3 is 2.35 bits per heavy atom. The number of aromatic nitrogens is 4. The third kappa shape index (κ3) is 3.37. The summed E-state index contributed by atoms with van der Waals surface area (Å²) in [6.07, 6.45) is 3.29. The number of likely N-dealkylation sites (tertiary alicyclic amines) is 1. The molecule has 0 amide bonds. The summed E-state index contributed by atoms with van der Waals surface area (Å²) in [7, 11) is 3.23. The average Bonchev–Trinajstić information content (AvgIpc) is 2.93. The Bertz CT molecular complexity index is 897. The normalized spacial score (nSPS) is 21.6. The topological polar surface area (TPSA) is 65.1 Å². The first-order valence-electron chi connectivity index (χ1n) is 9.70. The van der Waals surface area contributed by atoms with Gasteiger partial charge in [0.2, 0.25) is 0 Å². The molecule has 3 heterocycles. The molecular formula is C19H31N5O2. The standard InChI is InChI=1S/C19H31N5O2/c1-6-7-8-24-15(12-23-10-13(2)9-14(3)11-23)20-17-16(24)18(25)22(5)19(26)21(17)4/h13-14H,6-12H2,1-5H3/t13-,14-/m0/s1. The first-order chi connectivity index (χ1) is 12.3. The molecular weight excluding hydrogens is 330 g/mol. The summed E-state index contributed by atoms with van der Waals surface area (Å²) in [4.78, 5) is 32.2. The fourth-order valence-electron chi connectivity index (χ4n) is 4.29. The van der Waals surface area contributed by atoms with Gasteiger partial charge in [0.15, 0.2) is 11.2 Å². The SMILES string of the molecule is CCCCn1c(CN2C[C@@H](C)C[C@H](C)C2)nc2c1c(=O)n(C)c(=O)n2C. The first-order valence-corrected chi connectivity index (χ1v) is 9.70. The van der Waals surface area contributed by atoms with Crippen LogP contribution < -0.4 is 11.2 Å². The lowest BCUT2D eigenvalue weighted by atomic mass is 9.92. The van der Waals surface area contributed by atoms with Gasteiger partial charge in [-0.15, -0.1) is 0 Å². The Labute approximate surface area is 154 Å². The van der Waals surface area contributed by atoms with E-state index in [1.165, 1.54) is 22.6 Å². The second-order valence-electron chi connectivity index (χ2n) is 8.05. The van der Waals surface area contributed by atoms with E-state index in [4.69, 9.17) is 4.98 Å². The van der Waals surface area contributed by atoms with E-state index in [0.717, 1.165) is 44.8 Å². The average molecular weight is 361 g/mol. The van der Waals surface area contributed by atoms with Crippen LogP contribution in [0.15, 0.2) is 9.59 Å². The molecule has 0 spiro atoms. The summed E-state index contributed by atoms with van der Waals surface area (Å²) in [6.45, 7) is 10.3. The molecule has 0 unspecified atom stereocenters. The summed E-state index contributed by atoms with van der Waals surface area (Å²) in [5.74, 6) is 2.24. The van der Waals surface area contributed by atoms with E-state index in [1.807, 2.05) is 4.57 Å². The highest BCUT2D eigenvalue weighted by atomic mass is 16.2. The van der Waals surface area contributed by atoms with Gasteiger partial charge in [-0.1, -0.05) is 27.2 Å². The Kier molecular flexibility index (Phi) is 5.37. The molecule has 0 bridgehead atoms. The molecule has 1 aliphatic rings. The second-order valence-corrected chi connectivity index (χ2v) is 8.05. The summed E-state index contributed by atoms with van der Waals surface area (Å²) >= 11 is 0. The van der Waals surface area contributed by atoms with Gasteiger partial charge < -0.3 is 4.57 Å². The minimum absolute atomic E-state index is 0.252. The Morgan fingerprint density at radius 1 is 1.08 bits per heavy atom. The van der Waals surface area contributed by atoms with Crippen LogP contribution in [-0.4, -0.2) is 36.7 Å². The van der Waals surface area contributed by atoms with Crippen molar-refractivity contribution in [3.8, 4) is 0 Å². The fraction of sp³-hybridized carbons (Fsp3) is 0.737. The predicted octanol–water partition coefficient (Wildman–Crippen LogP) is 1.71. The van der Waals surface area contributed by atoms with E-state index in [9.17, 15) is 9.59 Å². The molecule has 3 rings (SSSR count). The van der Waals surface area contributed by atoms with Crippen LogP contribution in [-0.2, 0) is 27.2 Å². The molecule has 0 aromatic carbocycles. The predicted molar refractivity (Wildman–Crippen MR) is 103 cm³/mol. The van der Waals surface area contributed by atoms with Gasteiger partial charge in [-0.25, -0.2) is 9.78 Å². The molecule has 2 atom stereocenters. The van der Waals surface area contributed by atoms with Crippen molar-refractivity contribution in [3.63, 3.8) is 0 Å². The summed E-state index contributed by atoms with van der Waals surface area (Å²) in [5, 5.41) is 0. The van der Waals surface area contributed by atoms with Gasteiger partial charge in [-0.3, -0.25) is 18.8 Å². The molecule has 0 radical (unpaired) electrons. The first kappa shape index (κ1) is 18.9. The maximum absolute atomic E-state index is 12.8. The van der Waals surface area contributed by atoms with Crippen molar-refractivity contribution in [3.05, 3.63) is 26.7 Å². The van der Waals surface area contributed by atoms with Crippen LogP contribution in [0.1, 0.15) is 45.9 Å². The molecule has 1 fully saturated rings. The van der Waals surface area contributed by atoms with Gasteiger partial charge in [-0.05, 0) is 24.7 Å². The zero-order valence-electron chi connectivity index (χ0n) is 16.7. The molecule has 1 aliphatic heterocycles. The molecule has 0 aliphatic carbocycles. The van der Waals surface area contributed by atoms with Crippen molar-refractivity contribution in [2.75, 3.05) is 13.1 Å². The quantitative estimate of drug-likeness (QED) is 0.813. The van der Waals surface area contributed by atoms with Crippen LogP contribution in [0, 0.1) is 11.8 Å². The van der Waals surface area contributed by atoms with Crippen LogP contribution in [0.5, 0.6) is 0 Å². The van der Waals surface area contributed by atoms with Crippen molar-refractivity contribution >= 4 is 11.2 Å². The highest BCUT2D eigenvalue weighted by Gasteiger charge is 2.25. The van der Waals surface area contributed by atoms with Crippen molar-refractivity contribution < 1.29 is 0 Å². The number of unbranched alkanes of at least 4 members (excludes halogenated alkanes) is 1. The van der Waals surface area contributed by atoms with Crippen LogP contribution in [0.4, 0.5) is 0 Å². The summed E-state index contributed by atoms with van der Waals surface area (Å²) in [5.41, 5.74) is 0.478. The molecule has 0 N–H and O–H groups in total. The van der Waals surface area contributed by atoms with Gasteiger partial charge in [0.05, 0.1) is 6.54 Å². The Morgan fingerprint density at radius 2 is 1.73 bits per heavy atom. The third-order valence-electron chi connectivity index (χ3n) is 5.47. The number of nitrogens with zero attached hydrogens (tertiary/aromatic N) is 5. The van der Waals surface area contributed by atoms with Crippen LogP contribution >= 0.6 is 0 Å². The molecule has 2 aromatic heterocycles. The molecule has 26 heavy (non-hydrogen) atoms. The fourth-order valence-corrected chi connectivity index (χ4v) is 4.29. The molecule has 2 aromatic rings. The van der Waals surface area contributed by atoms with Gasteiger partial charge in [0.1, 0.15) is 5.82 Å². The number of hydrogen-bond donors (Lipinski definition) is 0. The van der Waals surface area contributed by atoms with Gasteiger partial charge >= 0.3 is 5.69 Å². The van der Waals surface area contributed by atoms with E-state index in [-0.39, 0.29) is 11.2 Å². The number of hydrogen-bond acceptors (Lipinski definition) is 4. The lowest BCUT2D eigenvalue weighted by Crippen LogP contribution is -2.39. The van der Waals surface area contributed by atoms with E-state index in [1.54, 1.807) is 7.05 Å². The van der Waals surface area contributed by atoms with Gasteiger partial charge in [0, 0.05) is 33.7 Å². The Balaban J connectivity index is 2.09. The zero-order chi connectivity index (χ0) is 19.0. The van der Waals surface area contributed by atoms with E-state index in [0.29, 0.717) is 23.0 Å². The highest BCUT2D eigenvalue weighted by Crippen LogP contribution is 2.23.